The Bertz CT molecular complexity index is 1220. The van der Waals surface area contributed by atoms with Crippen molar-refractivity contribution >= 4 is 38.2 Å². The second-order valence-corrected chi connectivity index (χ2v) is 11.2. The summed E-state index contributed by atoms with van der Waals surface area (Å²) in [5.74, 6) is -0.778. The predicted molar refractivity (Wildman–Crippen MR) is 124 cm³/mol. The summed E-state index contributed by atoms with van der Waals surface area (Å²) in [7, 11) is -3.67. The fourth-order valence-electron chi connectivity index (χ4n) is 4.32. The van der Waals surface area contributed by atoms with Crippen LogP contribution in [0.4, 0.5) is 5.00 Å². The summed E-state index contributed by atoms with van der Waals surface area (Å²) in [4.78, 5) is 28.1. The van der Waals surface area contributed by atoms with Gasteiger partial charge in [0.1, 0.15) is 5.00 Å². The van der Waals surface area contributed by atoms with E-state index in [1.54, 1.807) is 6.92 Å². The first-order valence-corrected chi connectivity index (χ1v) is 13.0. The fraction of sp³-hybridized carbons (Fsp3) is 0.409. The summed E-state index contributed by atoms with van der Waals surface area (Å²) in [6.07, 6.45) is 2.67. The predicted octanol–water partition coefficient (Wildman–Crippen LogP) is 1.54. The molecule has 9 nitrogen and oxygen atoms in total. The first-order valence-electron chi connectivity index (χ1n) is 10.7. The van der Waals surface area contributed by atoms with Crippen LogP contribution in [-0.2, 0) is 27.7 Å². The molecule has 0 bridgehead atoms. The molecule has 3 N–H and O–H groups in total. The lowest BCUT2D eigenvalue weighted by atomic mass is 10.1. The second-order valence-electron chi connectivity index (χ2n) is 8.17. The van der Waals surface area contributed by atoms with Crippen LogP contribution in [0.15, 0.2) is 29.2 Å². The Morgan fingerprint density at radius 1 is 1.15 bits per heavy atom. The number of nitrogens with zero attached hydrogens (tertiary/aromatic N) is 3. The molecule has 11 heteroatoms. The van der Waals surface area contributed by atoms with Crippen LogP contribution < -0.4 is 11.1 Å². The lowest BCUT2D eigenvalue weighted by Crippen LogP contribution is -2.53. The van der Waals surface area contributed by atoms with Gasteiger partial charge in [0.05, 0.1) is 28.1 Å². The van der Waals surface area contributed by atoms with Gasteiger partial charge in [-0.05, 0) is 56.0 Å². The number of thiophene rings is 1. The molecule has 1 fully saturated rings. The van der Waals surface area contributed by atoms with Crippen LogP contribution in [0.1, 0.15) is 39.7 Å². The van der Waals surface area contributed by atoms with Gasteiger partial charge >= 0.3 is 0 Å². The third kappa shape index (κ3) is 4.52. The third-order valence-electron chi connectivity index (χ3n) is 6.23. The molecule has 2 heterocycles. The number of aryl methyl sites for hydroxylation is 1. The van der Waals surface area contributed by atoms with Crippen molar-refractivity contribution in [3.8, 4) is 6.07 Å². The van der Waals surface area contributed by atoms with Gasteiger partial charge in [-0.25, -0.2) is 8.42 Å². The number of carbonyl (C=O) groups excluding carboxylic acids is 2. The number of fused-ring (bicyclic) bond motifs is 1. The first kappa shape index (κ1) is 23.4. The normalized spacial score (nSPS) is 17.8. The van der Waals surface area contributed by atoms with Crippen molar-refractivity contribution in [3.05, 3.63) is 45.8 Å². The van der Waals surface area contributed by atoms with E-state index in [9.17, 15) is 18.0 Å². The van der Waals surface area contributed by atoms with Gasteiger partial charge < -0.3 is 11.1 Å². The highest BCUT2D eigenvalue weighted by Gasteiger charge is 2.33. The van der Waals surface area contributed by atoms with E-state index in [1.165, 1.54) is 39.9 Å². The van der Waals surface area contributed by atoms with E-state index in [4.69, 9.17) is 11.0 Å². The van der Waals surface area contributed by atoms with Crippen LogP contribution in [0.25, 0.3) is 0 Å². The number of sulfonamides is 1. The number of rotatable bonds is 6. The van der Waals surface area contributed by atoms with Gasteiger partial charge in [-0.15, -0.1) is 11.3 Å². The molecule has 1 saturated heterocycles. The lowest BCUT2D eigenvalue weighted by Gasteiger charge is -2.36. The zero-order chi connectivity index (χ0) is 23.8. The molecule has 1 aliphatic carbocycles. The van der Waals surface area contributed by atoms with Crippen LogP contribution in [0.5, 0.6) is 0 Å². The number of piperazine rings is 1. The Hall–Kier alpha value is -2.78. The molecular weight excluding hydrogens is 462 g/mol. The van der Waals surface area contributed by atoms with E-state index < -0.39 is 22.0 Å². The van der Waals surface area contributed by atoms with Gasteiger partial charge in [0.15, 0.2) is 0 Å². The monoisotopic (exact) mass is 487 g/mol. The first-order chi connectivity index (χ1) is 15.7. The number of anilines is 1. The molecule has 0 radical (unpaired) electrons. The zero-order valence-electron chi connectivity index (χ0n) is 18.2. The molecule has 33 heavy (non-hydrogen) atoms. The van der Waals surface area contributed by atoms with Gasteiger partial charge in [0.25, 0.3) is 5.91 Å². The fourth-order valence-corrected chi connectivity index (χ4v) is 7.04. The average molecular weight is 488 g/mol. The molecule has 4 rings (SSSR count). The Kier molecular flexibility index (Phi) is 6.54. The van der Waals surface area contributed by atoms with E-state index >= 15 is 0 Å². The van der Waals surface area contributed by atoms with Crippen molar-refractivity contribution in [2.75, 3.05) is 31.5 Å². The summed E-state index contributed by atoms with van der Waals surface area (Å²) in [6.45, 7) is 3.06. The second kappa shape index (κ2) is 9.23. The number of amides is 2. The van der Waals surface area contributed by atoms with Crippen molar-refractivity contribution in [2.45, 2.75) is 37.1 Å². The van der Waals surface area contributed by atoms with Crippen LogP contribution in [0.3, 0.4) is 0 Å². The number of primary amides is 1. The van der Waals surface area contributed by atoms with Crippen LogP contribution >= 0.6 is 11.3 Å². The lowest BCUT2D eigenvalue weighted by molar-refractivity contribution is -0.121. The van der Waals surface area contributed by atoms with Crippen LogP contribution in [0, 0.1) is 11.3 Å². The Morgan fingerprint density at radius 2 is 1.82 bits per heavy atom. The minimum atomic E-state index is -3.67. The van der Waals surface area contributed by atoms with Gasteiger partial charge in [0.2, 0.25) is 15.9 Å². The van der Waals surface area contributed by atoms with E-state index in [0.717, 1.165) is 29.7 Å². The molecule has 1 aliphatic heterocycles. The standard InChI is InChI=1S/C22H25N5O4S2/c1-14(21(29)25-22-19(20(24)28)17-3-2-4-18(17)32-22)26-9-11-27(12-10-26)33(30,31)16-7-5-15(13-23)6-8-16/h5-8,14H,2-4,9-12H2,1H3,(H2,24,28)(H,25,29). The summed E-state index contributed by atoms with van der Waals surface area (Å²) >= 11 is 1.41. The molecular formula is C22H25N5O4S2. The number of hydrogen-bond donors (Lipinski definition) is 2. The summed E-state index contributed by atoms with van der Waals surface area (Å²) < 4.78 is 27.2. The maximum Gasteiger partial charge on any atom is 0.251 e. The minimum absolute atomic E-state index is 0.144. The van der Waals surface area contributed by atoms with Gasteiger partial charge in [0, 0.05) is 31.1 Å². The smallest absolute Gasteiger partial charge is 0.251 e. The third-order valence-corrected chi connectivity index (χ3v) is 9.35. The van der Waals surface area contributed by atoms with E-state index in [-0.39, 0.29) is 23.9 Å². The number of nitriles is 1. The van der Waals surface area contributed by atoms with Gasteiger partial charge in [-0.3, -0.25) is 14.5 Å². The average Bonchev–Trinajstić information content (AvgIpc) is 3.39. The molecule has 1 atom stereocenters. The molecule has 2 amide bonds. The Morgan fingerprint density at radius 3 is 2.42 bits per heavy atom. The van der Waals surface area contributed by atoms with Crippen molar-refractivity contribution in [1.29, 1.82) is 5.26 Å². The summed E-state index contributed by atoms with van der Waals surface area (Å²) in [5.41, 5.74) is 7.35. The van der Waals surface area contributed by atoms with Crippen LogP contribution in [-0.4, -0.2) is 61.7 Å². The molecule has 0 spiro atoms. The summed E-state index contributed by atoms with van der Waals surface area (Å²) in [6, 6.07) is 7.31. The highest BCUT2D eigenvalue weighted by Crippen LogP contribution is 2.39. The number of hydrogen-bond acceptors (Lipinski definition) is 7. The number of nitrogens with two attached hydrogens (primary N) is 1. The maximum atomic E-state index is 12.9. The molecule has 0 saturated carbocycles. The van der Waals surface area contributed by atoms with E-state index in [2.05, 4.69) is 5.32 Å². The Labute approximate surface area is 196 Å². The van der Waals surface area contributed by atoms with Crippen molar-refractivity contribution in [2.24, 2.45) is 5.73 Å². The minimum Gasteiger partial charge on any atom is -0.365 e. The zero-order valence-corrected chi connectivity index (χ0v) is 19.8. The summed E-state index contributed by atoms with van der Waals surface area (Å²) in [5, 5.41) is 12.3. The van der Waals surface area contributed by atoms with Gasteiger partial charge in [-0.1, -0.05) is 0 Å². The van der Waals surface area contributed by atoms with Crippen molar-refractivity contribution < 1.29 is 18.0 Å². The van der Waals surface area contributed by atoms with Gasteiger partial charge in [-0.2, -0.15) is 9.57 Å². The maximum absolute atomic E-state index is 12.9. The SMILES string of the molecule is CC(C(=O)Nc1sc2c(c1C(N)=O)CCC2)N1CCN(S(=O)(=O)c2ccc(C#N)cc2)CC1. The Balaban J connectivity index is 1.39. The largest absolute Gasteiger partial charge is 0.365 e. The van der Waals surface area contributed by atoms with E-state index in [1.807, 2.05) is 11.0 Å². The molecule has 2 aliphatic rings. The molecule has 174 valence electrons. The molecule has 2 aromatic rings. The highest BCUT2D eigenvalue weighted by molar-refractivity contribution is 7.89. The van der Waals surface area contributed by atoms with Crippen molar-refractivity contribution in [3.63, 3.8) is 0 Å². The molecule has 1 aromatic heterocycles. The number of nitrogens with one attached hydrogen (secondary N) is 1. The molecule has 1 unspecified atom stereocenters. The number of carbonyl (C=O) groups is 2. The highest BCUT2D eigenvalue weighted by atomic mass is 32.2. The van der Waals surface area contributed by atoms with Crippen molar-refractivity contribution in [1.82, 2.24) is 9.21 Å². The molecule has 1 aromatic carbocycles. The quantitative estimate of drug-likeness (QED) is 0.634. The van der Waals surface area contributed by atoms with E-state index in [0.29, 0.717) is 29.2 Å². The van der Waals surface area contributed by atoms with Crippen LogP contribution in [0.2, 0.25) is 0 Å². The number of benzene rings is 1. The topological polar surface area (TPSA) is 137 Å².